The molecule has 184 valence electrons. The van der Waals surface area contributed by atoms with Crippen molar-refractivity contribution >= 4 is 40.5 Å². The minimum atomic E-state index is -1.16. The maximum absolute atomic E-state index is 13.4. The predicted molar refractivity (Wildman–Crippen MR) is 133 cm³/mol. The lowest BCUT2D eigenvalue weighted by molar-refractivity contribution is -0.127. The van der Waals surface area contributed by atoms with Crippen LogP contribution in [0, 0.1) is 0 Å². The first-order valence-electron chi connectivity index (χ1n) is 11.7. The minimum absolute atomic E-state index is 0.205. The van der Waals surface area contributed by atoms with Crippen LogP contribution in [0.5, 0.6) is 11.5 Å². The smallest absolute Gasteiger partial charge is 0.339 e. The number of imide groups is 1. The molecule has 2 N–H and O–H groups in total. The van der Waals surface area contributed by atoms with E-state index in [1.165, 1.54) is 14.0 Å². The molecule has 0 spiro atoms. The van der Waals surface area contributed by atoms with Gasteiger partial charge >= 0.3 is 12.0 Å². The maximum atomic E-state index is 13.4. The van der Waals surface area contributed by atoms with Gasteiger partial charge in [0.15, 0.2) is 17.6 Å². The quantitative estimate of drug-likeness (QED) is 0.537. The second-order valence-electron chi connectivity index (χ2n) is 8.58. The second-order valence-corrected chi connectivity index (χ2v) is 8.58. The van der Waals surface area contributed by atoms with Crippen molar-refractivity contribution in [3.8, 4) is 11.5 Å². The normalized spacial score (nSPS) is 15.8. The number of ether oxygens (including phenoxy) is 3. The average Bonchev–Trinajstić information content (AvgIpc) is 3.35. The van der Waals surface area contributed by atoms with Crippen molar-refractivity contribution in [2.45, 2.75) is 32.3 Å². The number of allylic oxidation sites excluding steroid dienone is 1. The van der Waals surface area contributed by atoms with Crippen molar-refractivity contribution in [2.24, 2.45) is 0 Å². The largest absolute Gasteiger partial charge is 0.454 e. The van der Waals surface area contributed by atoms with Crippen LogP contribution in [-0.2, 0) is 16.0 Å². The maximum Gasteiger partial charge on any atom is 0.339 e. The van der Waals surface area contributed by atoms with Gasteiger partial charge in [-0.3, -0.25) is 10.1 Å². The SMILES string of the molecule is CNC(=O)NC(=O)C(C)OC(=O)c1c2c(nc3ccccc13)/C(=C\c1ccc3c(c1)OCO3)CCC2. The molecule has 5 rings (SSSR count). The van der Waals surface area contributed by atoms with Gasteiger partial charge in [-0.25, -0.2) is 14.6 Å². The van der Waals surface area contributed by atoms with Crippen LogP contribution in [0.3, 0.4) is 0 Å². The molecular formula is C27H25N3O6. The number of carbonyl (C=O) groups is 3. The Hall–Kier alpha value is -4.40. The molecule has 9 heteroatoms. The third-order valence-corrected chi connectivity index (χ3v) is 6.23. The molecule has 3 amide bonds. The molecule has 2 aromatic carbocycles. The summed E-state index contributed by atoms with van der Waals surface area (Å²) in [6.07, 6.45) is 3.16. The standard InChI is InChI=1S/C27H25N3O6/c1-15(25(31)30-27(33)28-2)36-26(32)23-18-7-3-4-9-20(18)29-24-17(6-5-8-19(23)24)12-16-10-11-21-22(13-16)35-14-34-21/h3-4,7,9-13,15H,5-6,8,14H2,1-2H3,(H2,28,30,31,33)/b17-12-. The highest BCUT2D eigenvalue weighted by molar-refractivity contribution is 6.07. The van der Waals surface area contributed by atoms with E-state index in [1.807, 2.05) is 42.5 Å². The number of carbonyl (C=O) groups excluding carboxylic acids is 3. The summed E-state index contributed by atoms with van der Waals surface area (Å²) in [6.45, 7) is 1.63. The number of esters is 1. The molecule has 1 aliphatic carbocycles. The summed E-state index contributed by atoms with van der Waals surface area (Å²) in [5.41, 5.74) is 4.53. The molecule has 0 fully saturated rings. The molecule has 0 radical (unpaired) electrons. The number of rotatable bonds is 4. The van der Waals surface area contributed by atoms with Gasteiger partial charge < -0.3 is 19.5 Å². The molecule has 1 unspecified atom stereocenters. The van der Waals surface area contributed by atoms with Crippen molar-refractivity contribution in [1.29, 1.82) is 0 Å². The van der Waals surface area contributed by atoms with E-state index in [2.05, 4.69) is 16.7 Å². The Bertz CT molecular complexity index is 1410. The molecule has 1 aromatic heterocycles. The van der Waals surface area contributed by atoms with Crippen molar-refractivity contribution in [3.63, 3.8) is 0 Å². The van der Waals surface area contributed by atoms with E-state index in [9.17, 15) is 14.4 Å². The molecule has 3 aromatic rings. The first kappa shape index (κ1) is 23.3. The number of urea groups is 1. The molecule has 0 saturated carbocycles. The molecule has 0 saturated heterocycles. The van der Waals surface area contributed by atoms with Gasteiger partial charge in [0, 0.05) is 12.4 Å². The van der Waals surface area contributed by atoms with Crippen molar-refractivity contribution in [3.05, 3.63) is 64.8 Å². The van der Waals surface area contributed by atoms with E-state index >= 15 is 0 Å². The van der Waals surface area contributed by atoms with Gasteiger partial charge in [-0.2, -0.15) is 0 Å². The molecule has 2 aliphatic rings. The summed E-state index contributed by atoms with van der Waals surface area (Å²) >= 11 is 0. The average molecular weight is 488 g/mol. The molecule has 9 nitrogen and oxygen atoms in total. The van der Waals surface area contributed by atoms with E-state index in [0.717, 1.165) is 35.2 Å². The number of nitrogens with one attached hydrogen (secondary N) is 2. The van der Waals surface area contributed by atoms with Gasteiger partial charge in [0.25, 0.3) is 5.91 Å². The number of para-hydroxylation sites is 1. The van der Waals surface area contributed by atoms with Gasteiger partial charge in [0.05, 0.1) is 16.8 Å². The van der Waals surface area contributed by atoms with Crippen LogP contribution in [0.2, 0.25) is 0 Å². The summed E-state index contributed by atoms with van der Waals surface area (Å²) in [7, 11) is 1.39. The Morgan fingerprint density at radius 3 is 2.72 bits per heavy atom. The first-order chi connectivity index (χ1) is 17.4. The summed E-state index contributed by atoms with van der Waals surface area (Å²) < 4.78 is 16.4. The van der Waals surface area contributed by atoms with Crippen LogP contribution in [0.4, 0.5) is 4.79 Å². The minimum Gasteiger partial charge on any atom is -0.454 e. The van der Waals surface area contributed by atoms with Crippen molar-refractivity contribution in [2.75, 3.05) is 13.8 Å². The van der Waals surface area contributed by atoms with E-state index < -0.39 is 24.0 Å². The molecular weight excluding hydrogens is 462 g/mol. The monoisotopic (exact) mass is 487 g/mol. The van der Waals surface area contributed by atoms with Crippen LogP contribution in [0.15, 0.2) is 42.5 Å². The number of amides is 3. The highest BCUT2D eigenvalue weighted by Crippen LogP contribution is 2.38. The number of hydrogen-bond acceptors (Lipinski definition) is 7. The third-order valence-electron chi connectivity index (χ3n) is 6.23. The van der Waals surface area contributed by atoms with Crippen LogP contribution in [0.25, 0.3) is 22.6 Å². The lowest BCUT2D eigenvalue weighted by Crippen LogP contribution is -2.43. The zero-order valence-corrected chi connectivity index (χ0v) is 19.9. The van der Waals surface area contributed by atoms with Gasteiger partial charge in [0.2, 0.25) is 6.79 Å². The van der Waals surface area contributed by atoms with E-state index in [4.69, 9.17) is 19.2 Å². The summed E-state index contributed by atoms with van der Waals surface area (Å²) in [5.74, 6) is 0.0668. The number of fused-ring (bicyclic) bond motifs is 3. The van der Waals surface area contributed by atoms with Crippen LogP contribution < -0.4 is 20.1 Å². The fraction of sp³-hybridized carbons (Fsp3) is 0.259. The van der Waals surface area contributed by atoms with Gasteiger partial charge in [-0.1, -0.05) is 24.3 Å². The number of hydrogen-bond donors (Lipinski definition) is 2. The van der Waals surface area contributed by atoms with Crippen molar-refractivity contribution in [1.82, 2.24) is 15.6 Å². The van der Waals surface area contributed by atoms with Crippen LogP contribution >= 0.6 is 0 Å². The highest BCUT2D eigenvalue weighted by atomic mass is 16.7. The molecule has 36 heavy (non-hydrogen) atoms. The summed E-state index contributed by atoms with van der Waals surface area (Å²) in [4.78, 5) is 42.1. The Morgan fingerprint density at radius 2 is 1.89 bits per heavy atom. The Labute approximate surface area is 207 Å². The lowest BCUT2D eigenvalue weighted by Gasteiger charge is -2.23. The van der Waals surface area contributed by atoms with Gasteiger partial charge in [0.1, 0.15) is 0 Å². The molecule has 1 atom stereocenters. The van der Waals surface area contributed by atoms with Crippen LogP contribution in [-0.4, -0.2) is 42.8 Å². The number of aromatic nitrogens is 1. The fourth-order valence-corrected chi connectivity index (χ4v) is 4.46. The van der Waals surface area contributed by atoms with Gasteiger partial charge in [-0.15, -0.1) is 0 Å². The van der Waals surface area contributed by atoms with E-state index in [-0.39, 0.29) is 6.79 Å². The summed E-state index contributed by atoms with van der Waals surface area (Å²) in [5, 5.41) is 5.09. The lowest BCUT2D eigenvalue weighted by atomic mass is 9.86. The Morgan fingerprint density at radius 1 is 1.08 bits per heavy atom. The summed E-state index contributed by atoms with van der Waals surface area (Å²) in [6, 6.07) is 12.4. The zero-order chi connectivity index (χ0) is 25.2. The van der Waals surface area contributed by atoms with Gasteiger partial charge in [-0.05, 0) is 67.2 Å². The fourth-order valence-electron chi connectivity index (χ4n) is 4.46. The number of benzene rings is 2. The Balaban J connectivity index is 1.54. The predicted octanol–water partition coefficient (Wildman–Crippen LogP) is 3.84. The van der Waals surface area contributed by atoms with E-state index in [1.54, 1.807) is 0 Å². The third kappa shape index (κ3) is 4.47. The Kier molecular flexibility index (Phi) is 6.28. The second kappa shape index (κ2) is 9.69. The molecule has 0 bridgehead atoms. The topological polar surface area (TPSA) is 116 Å². The number of nitrogens with zero attached hydrogens (tertiary/aromatic N) is 1. The zero-order valence-electron chi connectivity index (χ0n) is 19.9. The van der Waals surface area contributed by atoms with Crippen LogP contribution in [0.1, 0.15) is 46.9 Å². The molecule has 2 heterocycles. The van der Waals surface area contributed by atoms with E-state index in [0.29, 0.717) is 34.4 Å². The number of pyridine rings is 1. The highest BCUT2D eigenvalue weighted by Gasteiger charge is 2.28. The first-order valence-corrected chi connectivity index (χ1v) is 11.7. The molecule has 1 aliphatic heterocycles. The van der Waals surface area contributed by atoms with Crippen molar-refractivity contribution < 1.29 is 28.6 Å².